The fourth-order valence-electron chi connectivity index (χ4n) is 2.36. The van der Waals surface area contributed by atoms with Crippen LogP contribution in [0.4, 0.5) is 5.69 Å². The lowest BCUT2D eigenvalue weighted by Crippen LogP contribution is -2.12. The van der Waals surface area contributed by atoms with Crippen molar-refractivity contribution in [2.75, 3.05) is 19.5 Å². The first-order valence-electron chi connectivity index (χ1n) is 8.09. The number of benzene rings is 2. The summed E-state index contributed by atoms with van der Waals surface area (Å²) in [6.45, 7) is 0.192. The van der Waals surface area contributed by atoms with Crippen LogP contribution in [-0.2, 0) is 6.61 Å². The van der Waals surface area contributed by atoms with Crippen molar-refractivity contribution in [1.29, 1.82) is 0 Å². The highest BCUT2D eigenvalue weighted by Crippen LogP contribution is 2.29. The lowest BCUT2D eigenvalue weighted by Gasteiger charge is -2.11. The van der Waals surface area contributed by atoms with Crippen molar-refractivity contribution in [3.05, 3.63) is 71.1 Å². The molecule has 3 rings (SSSR count). The summed E-state index contributed by atoms with van der Waals surface area (Å²) in [5.74, 6) is 2.05. The quantitative estimate of drug-likeness (QED) is 0.631. The van der Waals surface area contributed by atoms with Gasteiger partial charge in [-0.2, -0.15) is 0 Å². The summed E-state index contributed by atoms with van der Waals surface area (Å²) in [6, 6.07) is 15.4. The lowest BCUT2D eigenvalue weighted by molar-refractivity contribution is 0.0992. The van der Waals surface area contributed by atoms with E-state index in [1.807, 2.05) is 0 Å². The maximum Gasteiger partial charge on any atom is 0.291 e. The standard InChI is InChI=1S/C20H18ClNO5/c1-24-15-7-9-18(25-2)17(11-15)22-20(23)19-10-8-16(27-19)12-26-14-5-3-13(21)4-6-14/h3-11H,12H2,1-2H3,(H,22,23). The molecule has 0 unspecified atom stereocenters. The Morgan fingerprint density at radius 3 is 2.44 bits per heavy atom. The molecule has 0 bridgehead atoms. The molecule has 140 valence electrons. The van der Waals surface area contributed by atoms with E-state index >= 15 is 0 Å². The molecule has 0 aliphatic rings. The van der Waals surface area contributed by atoms with Gasteiger partial charge >= 0.3 is 0 Å². The van der Waals surface area contributed by atoms with Gasteiger partial charge in [0.25, 0.3) is 5.91 Å². The van der Waals surface area contributed by atoms with Crippen LogP contribution >= 0.6 is 11.6 Å². The molecular weight excluding hydrogens is 370 g/mol. The largest absolute Gasteiger partial charge is 0.497 e. The number of hydrogen-bond acceptors (Lipinski definition) is 5. The molecule has 6 nitrogen and oxygen atoms in total. The van der Waals surface area contributed by atoms with Crippen molar-refractivity contribution in [1.82, 2.24) is 0 Å². The Bertz CT molecular complexity index is 920. The van der Waals surface area contributed by atoms with Gasteiger partial charge in [-0.15, -0.1) is 0 Å². The fraction of sp³-hybridized carbons (Fsp3) is 0.150. The van der Waals surface area contributed by atoms with Crippen LogP contribution in [0.3, 0.4) is 0 Å². The number of methoxy groups -OCH3 is 2. The van der Waals surface area contributed by atoms with Crippen LogP contribution < -0.4 is 19.5 Å². The first-order chi connectivity index (χ1) is 13.1. The number of nitrogens with one attached hydrogen (secondary N) is 1. The topological polar surface area (TPSA) is 69.9 Å². The number of carbonyl (C=O) groups is 1. The van der Waals surface area contributed by atoms with Gasteiger partial charge in [-0.25, -0.2) is 0 Å². The second kappa shape index (κ2) is 8.51. The minimum absolute atomic E-state index is 0.162. The van der Waals surface area contributed by atoms with Gasteiger partial charge in [0.2, 0.25) is 0 Å². The smallest absolute Gasteiger partial charge is 0.291 e. The summed E-state index contributed by atoms with van der Waals surface area (Å²) in [5, 5.41) is 3.38. The summed E-state index contributed by atoms with van der Waals surface area (Å²) >= 11 is 5.84. The van der Waals surface area contributed by atoms with E-state index in [1.165, 1.54) is 7.11 Å². The molecule has 7 heteroatoms. The zero-order valence-electron chi connectivity index (χ0n) is 14.8. The predicted molar refractivity (Wildman–Crippen MR) is 102 cm³/mol. The van der Waals surface area contributed by atoms with Crippen molar-refractivity contribution in [2.45, 2.75) is 6.61 Å². The SMILES string of the molecule is COc1ccc(OC)c(NC(=O)c2ccc(COc3ccc(Cl)cc3)o2)c1. The first kappa shape index (κ1) is 18.7. The van der Waals surface area contributed by atoms with Crippen molar-refractivity contribution in [3.8, 4) is 17.2 Å². The highest BCUT2D eigenvalue weighted by Gasteiger charge is 2.15. The Kier molecular flexibility index (Phi) is 5.88. The monoisotopic (exact) mass is 387 g/mol. The lowest BCUT2D eigenvalue weighted by atomic mass is 10.2. The maximum absolute atomic E-state index is 12.5. The van der Waals surface area contributed by atoms with Crippen LogP contribution in [0.25, 0.3) is 0 Å². The van der Waals surface area contributed by atoms with Gasteiger partial charge in [0, 0.05) is 11.1 Å². The molecule has 27 heavy (non-hydrogen) atoms. The summed E-state index contributed by atoms with van der Waals surface area (Å²) < 4.78 is 21.6. The summed E-state index contributed by atoms with van der Waals surface area (Å²) in [7, 11) is 3.07. The molecule has 3 aromatic rings. The number of hydrogen-bond donors (Lipinski definition) is 1. The molecule has 0 saturated carbocycles. The van der Waals surface area contributed by atoms with Gasteiger partial charge in [0.15, 0.2) is 5.76 Å². The third kappa shape index (κ3) is 4.74. The van der Waals surface area contributed by atoms with Crippen LogP contribution in [0, 0.1) is 0 Å². The average Bonchev–Trinajstić information content (AvgIpc) is 3.16. The Labute approximate surface area is 161 Å². The van der Waals surface area contributed by atoms with Gasteiger partial charge in [-0.3, -0.25) is 4.79 Å². The number of anilines is 1. The van der Waals surface area contributed by atoms with E-state index in [2.05, 4.69) is 5.32 Å². The molecule has 1 heterocycles. The normalized spacial score (nSPS) is 10.3. The number of carbonyl (C=O) groups excluding carboxylic acids is 1. The number of amides is 1. The number of furan rings is 1. The van der Waals surface area contributed by atoms with Crippen molar-refractivity contribution >= 4 is 23.2 Å². The van der Waals surface area contributed by atoms with Gasteiger partial charge in [-0.1, -0.05) is 11.6 Å². The molecule has 1 aromatic heterocycles. The summed E-state index contributed by atoms with van der Waals surface area (Å²) in [4.78, 5) is 12.5. The van der Waals surface area contributed by atoms with E-state index in [9.17, 15) is 4.79 Å². The zero-order chi connectivity index (χ0) is 19.2. The van der Waals surface area contributed by atoms with Crippen LogP contribution in [0.1, 0.15) is 16.3 Å². The molecule has 2 aromatic carbocycles. The van der Waals surface area contributed by atoms with E-state index in [0.717, 1.165) is 0 Å². The molecule has 0 spiro atoms. The van der Waals surface area contributed by atoms with Crippen molar-refractivity contribution < 1.29 is 23.4 Å². The van der Waals surface area contributed by atoms with Gasteiger partial charge in [0.1, 0.15) is 29.6 Å². The molecule has 0 aliphatic carbocycles. The molecule has 1 N–H and O–H groups in total. The summed E-state index contributed by atoms with van der Waals surface area (Å²) in [5.41, 5.74) is 0.484. The molecule has 1 amide bonds. The van der Waals surface area contributed by atoms with Gasteiger partial charge in [0.05, 0.1) is 19.9 Å². The molecule has 0 fully saturated rings. The predicted octanol–water partition coefficient (Wildman–Crippen LogP) is 4.78. The minimum Gasteiger partial charge on any atom is -0.497 e. The van der Waals surface area contributed by atoms with Crippen LogP contribution in [0.15, 0.2) is 59.0 Å². The minimum atomic E-state index is -0.403. The molecule has 0 aliphatic heterocycles. The van der Waals surface area contributed by atoms with Crippen molar-refractivity contribution in [3.63, 3.8) is 0 Å². The number of halogens is 1. The Morgan fingerprint density at radius 1 is 1.00 bits per heavy atom. The highest BCUT2D eigenvalue weighted by molar-refractivity contribution is 6.30. The Balaban J connectivity index is 1.65. The van der Waals surface area contributed by atoms with Crippen LogP contribution in [0.5, 0.6) is 17.2 Å². The molecule has 0 atom stereocenters. The second-order valence-corrected chi connectivity index (χ2v) is 5.97. The molecule has 0 radical (unpaired) electrons. The van der Waals surface area contributed by atoms with E-state index in [1.54, 1.807) is 61.7 Å². The van der Waals surface area contributed by atoms with E-state index in [4.69, 9.17) is 30.2 Å². The number of ether oxygens (including phenoxy) is 3. The summed E-state index contributed by atoms with van der Waals surface area (Å²) in [6.07, 6.45) is 0. The average molecular weight is 388 g/mol. The van der Waals surface area contributed by atoms with Crippen LogP contribution in [-0.4, -0.2) is 20.1 Å². The van der Waals surface area contributed by atoms with E-state index in [0.29, 0.717) is 33.7 Å². The fourth-order valence-corrected chi connectivity index (χ4v) is 2.48. The molecular formula is C20H18ClNO5. The number of rotatable bonds is 7. The van der Waals surface area contributed by atoms with Gasteiger partial charge in [-0.05, 0) is 48.5 Å². The van der Waals surface area contributed by atoms with Gasteiger partial charge < -0.3 is 23.9 Å². The zero-order valence-corrected chi connectivity index (χ0v) is 15.6. The third-order valence-electron chi connectivity index (χ3n) is 3.74. The van der Waals surface area contributed by atoms with E-state index < -0.39 is 5.91 Å². The second-order valence-electron chi connectivity index (χ2n) is 5.53. The Morgan fingerprint density at radius 2 is 1.74 bits per heavy atom. The van der Waals surface area contributed by atoms with Crippen molar-refractivity contribution in [2.24, 2.45) is 0 Å². The third-order valence-corrected chi connectivity index (χ3v) is 3.99. The Hall–Kier alpha value is -3.12. The maximum atomic E-state index is 12.5. The van der Waals surface area contributed by atoms with E-state index in [-0.39, 0.29) is 12.4 Å². The first-order valence-corrected chi connectivity index (χ1v) is 8.47. The molecule has 0 saturated heterocycles. The van der Waals surface area contributed by atoms with Crippen LogP contribution in [0.2, 0.25) is 5.02 Å². The highest BCUT2D eigenvalue weighted by atomic mass is 35.5.